The van der Waals surface area contributed by atoms with E-state index in [4.69, 9.17) is 0 Å². The summed E-state index contributed by atoms with van der Waals surface area (Å²) in [6.07, 6.45) is 0. The van der Waals surface area contributed by atoms with Crippen molar-refractivity contribution in [1.29, 1.82) is 0 Å². The van der Waals surface area contributed by atoms with Gasteiger partial charge in [0.25, 0.3) is 0 Å². The molecular formula is C12H22O. The molecule has 0 aliphatic rings. The first-order chi connectivity index (χ1) is 5.68. The van der Waals surface area contributed by atoms with Gasteiger partial charge in [-0.2, -0.15) is 0 Å². The molecule has 1 heteroatoms. The van der Waals surface area contributed by atoms with E-state index < -0.39 is 0 Å². The monoisotopic (exact) mass is 182 g/mol. The van der Waals surface area contributed by atoms with Crippen LogP contribution in [0.4, 0.5) is 0 Å². The lowest BCUT2D eigenvalue weighted by molar-refractivity contribution is -0.119. The molecule has 0 aromatic heterocycles. The van der Waals surface area contributed by atoms with Crippen LogP contribution in [-0.2, 0) is 4.79 Å². The van der Waals surface area contributed by atoms with Crippen LogP contribution < -0.4 is 0 Å². The molecule has 0 N–H and O–H groups in total. The molecule has 0 saturated carbocycles. The summed E-state index contributed by atoms with van der Waals surface area (Å²) in [5.74, 6) is 0.320. The molecule has 76 valence electrons. The Balaban J connectivity index is 4.93. The van der Waals surface area contributed by atoms with Crippen molar-refractivity contribution in [3.05, 3.63) is 11.1 Å². The fourth-order valence-electron chi connectivity index (χ4n) is 1.22. The summed E-state index contributed by atoms with van der Waals surface area (Å²) < 4.78 is 0. The van der Waals surface area contributed by atoms with Crippen LogP contribution in [0.1, 0.15) is 48.5 Å². The van der Waals surface area contributed by atoms with Gasteiger partial charge in [0.15, 0.2) is 0 Å². The second kappa shape index (κ2) is 4.08. The van der Waals surface area contributed by atoms with Crippen LogP contribution in [0.25, 0.3) is 0 Å². The minimum Gasteiger partial charge on any atom is -0.299 e. The number of ketones is 1. The minimum absolute atomic E-state index is 0.0687. The predicted octanol–water partition coefficient (Wildman–Crippen LogP) is 3.59. The highest BCUT2D eigenvalue weighted by Crippen LogP contribution is 2.30. The van der Waals surface area contributed by atoms with Gasteiger partial charge in [0.1, 0.15) is 5.78 Å². The first-order valence-corrected chi connectivity index (χ1v) is 4.86. The van der Waals surface area contributed by atoms with E-state index in [1.165, 1.54) is 11.1 Å². The quantitative estimate of drug-likeness (QED) is 0.596. The summed E-state index contributed by atoms with van der Waals surface area (Å²) in [4.78, 5) is 11.2. The number of hydrogen-bond donors (Lipinski definition) is 0. The second-order valence-electron chi connectivity index (χ2n) is 4.89. The molecule has 1 atom stereocenters. The smallest absolute Gasteiger partial charge is 0.136 e. The maximum Gasteiger partial charge on any atom is 0.136 e. The third-order valence-electron chi connectivity index (χ3n) is 2.98. The summed E-state index contributed by atoms with van der Waals surface area (Å²) in [5.41, 5.74) is 2.73. The fraction of sp³-hybridized carbons (Fsp3) is 0.750. The predicted molar refractivity (Wildman–Crippen MR) is 57.7 cm³/mol. The third-order valence-corrected chi connectivity index (χ3v) is 2.98. The average molecular weight is 182 g/mol. The van der Waals surface area contributed by atoms with Gasteiger partial charge in [-0.15, -0.1) is 0 Å². The van der Waals surface area contributed by atoms with Crippen LogP contribution >= 0.6 is 0 Å². The van der Waals surface area contributed by atoms with Crippen LogP contribution in [0.3, 0.4) is 0 Å². The first-order valence-electron chi connectivity index (χ1n) is 4.86. The number of allylic oxidation sites excluding steroid dienone is 2. The van der Waals surface area contributed by atoms with Crippen LogP contribution in [0.15, 0.2) is 11.1 Å². The first kappa shape index (κ1) is 12.4. The summed E-state index contributed by atoms with van der Waals surface area (Å²) in [6.45, 7) is 14.4. The average Bonchev–Trinajstić information content (AvgIpc) is 1.98. The van der Waals surface area contributed by atoms with E-state index in [0.717, 1.165) is 0 Å². The van der Waals surface area contributed by atoms with Crippen LogP contribution in [0.5, 0.6) is 0 Å². The molecule has 0 rings (SSSR count). The van der Waals surface area contributed by atoms with Crippen molar-refractivity contribution in [2.24, 2.45) is 11.3 Å². The highest BCUT2D eigenvalue weighted by atomic mass is 16.1. The Labute approximate surface area is 82.2 Å². The molecule has 1 nitrogen and oxygen atoms in total. The van der Waals surface area contributed by atoms with E-state index in [2.05, 4.69) is 34.6 Å². The molecule has 0 aromatic carbocycles. The highest BCUT2D eigenvalue weighted by molar-refractivity contribution is 5.80. The van der Waals surface area contributed by atoms with Gasteiger partial charge in [-0.1, -0.05) is 38.8 Å². The van der Waals surface area contributed by atoms with Gasteiger partial charge < -0.3 is 0 Å². The lowest BCUT2D eigenvalue weighted by atomic mass is 9.81. The zero-order valence-electron chi connectivity index (χ0n) is 9.99. The summed E-state index contributed by atoms with van der Waals surface area (Å²) >= 11 is 0. The highest BCUT2D eigenvalue weighted by Gasteiger charge is 2.19. The van der Waals surface area contributed by atoms with Gasteiger partial charge in [-0.25, -0.2) is 0 Å². The van der Waals surface area contributed by atoms with Crippen LogP contribution in [-0.4, -0.2) is 5.78 Å². The Morgan fingerprint density at radius 3 is 1.69 bits per heavy atom. The minimum atomic E-state index is 0.0687. The molecule has 0 spiro atoms. The molecule has 0 fully saturated rings. The molecule has 13 heavy (non-hydrogen) atoms. The molecular weight excluding hydrogens is 160 g/mol. The van der Waals surface area contributed by atoms with Gasteiger partial charge >= 0.3 is 0 Å². The zero-order chi connectivity index (χ0) is 10.8. The zero-order valence-corrected chi connectivity index (χ0v) is 9.99. The number of carbonyl (C=O) groups excluding carboxylic acids is 1. The van der Waals surface area contributed by atoms with Crippen molar-refractivity contribution in [3.63, 3.8) is 0 Å². The second-order valence-corrected chi connectivity index (χ2v) is 4.89. The third kappa shape index (κ3) is 3.33. The van der Waals surface area contributed by atoms with Crippen molar-refractivity contribution in [2.75, 3.05) is 0 Å². The number of carbonyl (C=O) groups is 1. The van der Waals surface area contributed by atoms with Crippen molar-refractivity contribution < 1.29 is 4.79 Å². The van der Waals surface area contributed by atoms with E-state index in [0.29, 0.717) is 0 Å². The van der Waals surface area contributed by atoms with E-state index in [-0.39, 0.29) is 17.1 Å². The van der Waals surface area contributed by atoms with Gasteiger partial charge in [-0.3, -0.25) is 4.79 Å². The van der Waals surface area contributed by atoms with Crippen molar-refractivity contribution in [3.8, 4) is 0 Å². The standard InChI is InChI=1S/C12H22O/c1-8(9(2)11(4)13)10(3)12(5,6)7/h9H,1-7H3/b10-8+. The number of rotatable bonds is 2. The maximum absolute atomic E-state index is 11.2. The van der Waals surface area contributed by atoms with E-state index in [9.17, 15) is 4.79 Å². The van der Waals surface area contributed by atoms with E-state index in [1.54, 1.807) is 6.92 Å². The summed E-state index contributed by atoms with van der Waals surface area (Å²) in [7, 11) is 0. The summed E-state index contributed by atoms with van der Waals surface area (Å²) in [5, 5.41) is 0. The van der Waals surface area contributed by atoms with Crippen LogP contribution in [0.2, 0.25) is 0 Å². The van der Waals surface area contributed by atoms with Gasteiger partial charge in [0.2, 0.25) is 0 Å². The van der Waals surface area contributed by atoms with Crippen molar-refractivity contribution in [1.82, 2.24) is 0 Å². The largest absolute Gasteiger partial charge is 0.299 e. The molecule has 0 aromatic rings. The Morgan fingerprint density at radius 1 is 1.08 bits per heavy atom. The van der Waals surface area contributed by atoms with E-state index in [1.807, 2.05) is 6.92 Å². The molecule has 0 amide bonds. The topological polar surface area (TPSA) is 17.1 Å². The molecule has 0 aliphatic carbocycles. The molecule has 0 aliphatic heterocycles. The van der Waals surface area contributed by atoms with Gasteiger partial charge in [0, 0.05) is 5.92 Å². The van der Waals surface area contributed by atoms with Crippen molar-refractivity contribution >= 4 is 5.78 Å². The lowest BCUT2D eigenvalue weighted by Gasteiger charge is -2.24. The van der Waals surface area contributed by atoms with Crippen molar-refractivity contribution in [2.45, 2.75) is 48.5 Å². The van der Waals surface area contributed by atoms with Gasteiger partial charge in [-0.05, 0) is 26.2 Å². The van der Waals surface area contributed by atoms with Gasteiger partial charge in [0.05, 0.1) is 0 Å². The Bertz CT molecular complexity index is 228. The van der Waals surface area contributed by atoms with Crippen LogP contribution in [0, 0.1) is 11.3 Å². The Hall–Kier alpha value is -0.590. The molecule has 0 saturated heterocycles. The lowest BCUT2D eigenvalue weighted by Crippen LogP contribution is -2.15. The van der Waals surface area contributed by atoms with E-state index >= 15 is 0 Å². The fourth-order valence-corrected chi connectivity index (χ4v) is 1.22. The Morgan fingerprint density at radius 2 is 1.46 bits per heavy atom. The number of Topliss-reactive ketones (excluding diaryl/α,β-unsaturated/α-hetero) is 1. The number of hydrogen-bond acceptors (Lipinski definition) is 1. The SMILES string of the molecule is CC(=O)C(C)/C(C)=C(\C)C(C)(C)C. The molecule has 0 bridgehead atoms. The normalized spacial score (nSPS) is 16.5. The molecule has 1 unspecified atom stereocenters. The maximum atomic E-state index is 11.2. The molecule has 0 radical (unpaired) electrons. The Kier molecular flexibility index (Phi) is 3.89. The summed E-state index contributed by atoms with van der Waals surface area (Å²) in [6, 6.07) is 0. The molecule has 0 heterocycles.